The van der Waals surface area contributed by atoms with Gasteiger partial charge in [0.1, 0.15) is 0 Å². The van der Waals surface area contributed by atoms with Crippen LogP contribution in [-0.2, 0) is 0 Å². The summed E-state index contributed by atoms with van der Waals surface area (Å²) in [6.07, 6.45) is 17.5. The molecule has 0 spiro atoms. The van der Waals surface area contributed by atoms with Crippen LogP contribution in [0, 0.1) is 0 Å². The van der Waals surface area contributed by atoms with Crippen molar-refractivity contribution in [1.29, 1.82) is 0 Å². The number of thiol groups is 1. The van der Waals surface area contributed by atoms with Gasteiger partial charge in [-0.2, -0.15) is 12.6 Å². The molecule has 0 saturated carbocycles. The molecule has 0 aromatic heterocycles. The first-order chi connectivity index (χ1) is 6.81. The predicted octanol–water partition coefficient (Wildman–Crippen LogP) is 4.35. The lowest BCUT2D eigenvalue weighted by Crippen LogP contribution is -1.64. The number of hydrogen-bond donors (Lipinski definition) is 1. The average molecular weight is 208 g/mol. The van der Waals surface area contributed by atoms with Crippen molar-refractivity contribution in [2.24, 2.45) is 0 Å². The normalized spacial score (nSPS) is 12.1. The monoisotopic (exact) mass is 208 g/mol. The van der Waals surface area contributed by atoms with Crippen LogP contribution in [0.25, 0.3) is 0 Å². The van der Waals surface area contributed by atoms with E-state index in [4.69, 9.17) is 0 Å². The lowest BCUT2D eigenvalue weighted by molar-refractivity contribution is 1.52. The largest absolute Gasteiger partial charge is 0.183 e. The summed E-state index contributed by atoms with van der Waals surface area (Å²) in [5.41, 5.74) is 1.23. The molecule has 0 radical (unpaired) electrons. The van der Waals surface area contributed by atoms with Crippen LogP contribution in [0.1, 0.15) is 13.8 Å². The zero-order valence-corrected chi connectivity index (χ0v) is 10.2. The summed E-state index contributed by atoms with van der Waals surface area (Å²) < 4.78 is 0. The van der Waals surface area contributed by atoms with Crippen molar-refractivity contribution < 1.29 is 0 Å². The van der Waals surface area contributed by atoms with E-state index in [1.54, 1.807) is 12.3 Å². The Balaban J connectivity index is 0. The number of rotatable bonds is 4. The summed E-state index contributed by atoms with van der Waals surface area (Å²) in [4.78, 5) is 0. The Kier molecular flexibility index (Phi) is 16.1. The van der Waals surface area contributed by atoms with Crippen LogP contribution in [0.5, 0.6) is 0 Å². The first kappa shape index (κ1) is 15.5. The third-order valence-electron chi connectivity index (χ3n) is 1.27. The molecule has 0 fully saturated rings. The standard InChI is InChI=1S/C12H16.CH4S/c1-4-6-8-10-12(3)11-9-7-5-2;1-2/h4-11H,1H2,2-3H3;2H,1H3/b7-5-,8-6-,11-9-,12-10+;. The summed E-state index contributed by atoms with van der Waals surface area (Å²) in [6, 6.07) is 0. The molecule has 1 heteroatoms. The molecule has 0 aliphatic heterocycles. The van der Waals surface area contributed by atoms with Crippen molar-refractivity contribution in [3.05, 3.63) is 60.8 Å². The van der Waals surface area contributed by atoms with Crippen molar-refractivity contribution >= 4 is 12.6 Å². The second-order valence-electron chi connectivity index (χ2n) is 2.42. The Morgan fingerprint density at radius 3 is 2.21 bits per heavy atom. The minimum absolute atomic E-state index is 1.23. The van der Waals surface area contributed by atoms with Gasteiger partial charge in [0.25, 0.3) is 0 Å². The molecule has 0 amide bonds. The fourth-order valence-corrected chi connectivity index (χ4v) is 0.660. The SMILES string of the molecule is C=C\C=C/C=C(C)/C=C\C=C/C.CS. The maximum absolute atomic E-state index is 3.59. The van der Waals surface area contributed by atoms with Gasteiger partial charge in [-0.15, -0.1) is 0 Å². The van der Waals surface area contributed by atoms with E-state index >= 15 is 0 Å². The molecule has 14 heavy (non-hydrogen) atoms. The molecule has 0 N–H and O–H groups in total. The number of hydrogen-bond acceptors (Lipinski definition) is 1. The topological polar surface area (TPSA) is 0 Å². The molecule has 0 bridgehead atoms. The quantitative estimate of drug-likeness (QED) is 0.515. The molecular weight excluding hydrogens is 188 g/mol. The zero-order chi connectivity index (χ0) is 11.2. The van der Waals surface area contributed by atoms with Gasteiger partial charge in [0.05, 0.1) is 0 Å². The predicted molar refractivity (Wildman–Crippen MR) is 72.0 cm³/mol. The summed E-state index contributed by atoms with van der Waals surface area (Å²) in [5.74, 6) is 0. The second kappa shape index (κ2) is 14.6. The van der Waals surface area contributed by atoms with Crippen LogP contribution in [0.15, 0.2) is 60.8 Å². The molecule has 78 valence electrons. The van der Waals surface area contributed by atoms with E-state index < -0.39 is 0 Å². The molecule has 0 aromatic rings. The Labute approximate surface area is 93.8 Å². The molecule has 0 unspecified atom stereocenters. The third-order valence-corrected chi connectivity index (χ3v) is 1.27. The van der Waals surface area contributed by atoms with Crippen LogP contribution in [0.4, 0.5) is 0 Å². The Morgan fingerprint density at radius 1 is 1.07 bits per heavy atom. The van der Waals surface area contributed by atoms with E-state index in [1.807, 2.05) is 43.4 Å². The highest BCUT2D eigenvalue weighted by Gasteiger charge is 1.74. The lowest BCUT2D eigenvalue weighted by Gasteiger charge is -1.85. The molecule has 0 aliphatic rings. The van der Waals surface area contributed by atoms with Gasteiger partial charge in [0.2, 0.25) is 0 Å². The molecule has 0 nitrogen and oxygen atoms in total. The Hall–Kier alpha value is -0.950. The van der Waals surface area contributed by atoms with Gasteiger partial charge in [0, 0.05) is 0 Å². The minimum atomic E-state index is 1.23. The minimum Gasteiger partial charge on any atom is -0.183 e. The molecule has 0 saturated heterocycles. The highest BCUT2D eigenvalue weighted by atomic mass is 32.1. The molecular formula is C13H20S. The Bertz CT molecular complexity index is 230. The zero-order valence-electron chi connectivity index (χ0n) is 9.27. The van der Waals surface area contributed by atoms with Gasteiger partial charge in [-0.3, -0.25) is 0 Å². The summed E-state index contributed by atoms with van der Waals surface area (Å²) in [7, 11) is 0. The van der Waals surface area contributed by atoms with Gasteiger partial charge in [0.15, 0.2) is 0 Å². The van der Waals surface area contributed by atoms with E-state index in [0.29, 0.717) is 0 Å². The number of allylic oxidation sites excluding steroid dienone is 9. The summed E-state index contributed by atoms with van der Waals surface area (Å²) in [6.45, 7) is 7.65. The van der Waals surface area contributed by atoms with Crippen LogP contribution >= 0.6 is 12.6 Å². The maximum atomic E-state index is 3.59. The van der Waals surface area contributed by atoms with Crippen LogP contribution in [0.3, 0.4) is 0 Å². The third kappa shape index (κ3) is 13.6. The van der Waals surface area contributed by atoms with E-state index in [-0.39, 0.29) is 0 Å². The van der Waals surface area contributed by atoms with Gasteiger partial charge in [-0.05, 0) is 20.1 Å². The highest BCUT2D eigenvalue weighted by Crippen LogP contribution is 1.95. The Morgan fingerprint density at radius 2 is 1.71 bits per heavy atom. The molecule has 0 aliphatic carbocycles. The fourth-order valence-electron chi connectivity index (χ4n) is 0.660. The van der Waals surface area contributed by atoms with Crippen molar-refractivity contribution in [2.45, 2.75) is 13.8 Å². The summed E-state index contributed by atoms with van der Waals surface area (Å²) >= 11 is 3.53. The van der Waals surface area contributed by atoms with Gasteiger partial charge >= 0.3 is 0 Å². The van der Waals surface area contributed by atoms with Gasteiger partial charge in [-0.25, -0.2) is 0 Å². The van der Waals surface area contributed by atoms with Crippen molar-refractivity contribution in [1.82, 2.24) is 0 Å². The van der Waals surface area contributed by atoms with E-state index in [2.05, 4.69) is 32.2 Å². The summed E-state index contributed by atoms with van der Waals surface area (Å²) in [5, 5.41) is 0. The van der Waals surface area contributed by atoms with Crippen LogP contribution in [-0.4, -0.2) is 6.26 Å². The molecule has 0 aromatic carbocycles. The van der Waals surface area contributed by atoms with Crippen LogP contribution < -0.4 is 0 Å². The first-order valence-corrected chi connectivity index (χ1v) is 5.40. The van der Waals surface area contributed by atoms with Crippen molar-refractivity contribution in [3.63, 3.8) is 0 Å². The van der Waals surface area contributed by atoms with Gasteiger partial charge in [-0.1, -0.05) is 60.8 Å². The highest BCUT2D eigenvalue weighted by molar-refractivity contribution is 7.79. The smallest absolute Gasteiger partial charge is 0.0215 e. The molecule has 0 rings (SSSR count). The maximum Gasteiger partial charge on any atom is -0.0215 e. The van der Waals surface area contributed by atoms with Crippen molar-refractivity contribution in [3.8, 4) is 0 Å². The second-order valence-corrected chi connectivity index (χ2v) is 2.42. The van der Waals surface area contributed by atoms with E-state index in [1.165, 1.54) is 5.57 Å². The lowest BCUT2D eigenvalue weighted by atomic mass is 10.2. The van der Waals surface area contributed by atoms with E-state index in [9.17, 15) is 0 Å². The van der Waals surface area contributed by atoms with Crippen molar-refractivity contribution in [2.75, 3.05) is 6.26 Å². The van der Waals surface area contributed by atoms with Crippen LogP contribution in [0.2, 0.25) is 0 Å². The molecule has 0 heterocycles. The van der Waals surface area contributed by atoms with E-state index in [0.717, 1.165) is 0 Å². The fraction of sp³-hybridized carbons (Fsp3) is 0.231. The average Bonchev–Trinajstić information content (AvgIpc) is 2.22. The van der Waals surface area contributed by atoms with Gasteiger partial charge < -0.3 is 0 Å². The molecule has 0 atom stereocenters. The first-order valence-electron chi connectivity index (χ1n) is 4.51.